The van der Waals surface area contributed by atoms with Crippen LogP contribution in [-0.4, -0.2) is 22.1 Å². The fraction of sp³-hybridized carbons (Fsp3) is 0.320. The van der Waals surface area contributed by atoms with E-state index in [1.807, 2.05) is 19.9 Å². The van der Waals surface area contributed by atoms with E-state index in [1.165, 1.54) is 17.2 Å². The van der Waals surface area contributed by atoms with Crippen molar-refractivity contribution in [3.63, 3.8) is 0 Å². The van der Waals surface area contributed by atoms with Gasteiger partial charge in [-0.25, -0.2) is 9.78 Å². The summed E-state index contributed by atoms with van der Waals surface area (Å²) in [7, 11) is 0. The summed E-state index contributed by atoms with van der Waals surface area (Å²) >= 11 is 0. The lowest BCUT2D eigenvalue weighted by Crippen LogP contribution is -2.19. The third-order valence-electron chi connectivity index (χ3n) is 5.74. The van der Waals surface area contributed by atoms with Crippen LogP contribution in [0.5, 0.6) is 0 Å². The fourth-order valence-electron chi connectivity index (χ4n) is 4.59. The molecule has 0 fully saturated rings. The summed E-state index contributed by atoms with van der Waals surface area (Å²) in [5, 5.41) is 10.9. The van der Waals surface area contributed by atoms with Crippen LogP contribution >= 0.6 is 0 Å². The standard InChI is InChI=1S/C25H25N3O2/c1-4-30-23(29)13-12-22-20(15-26)24-16(2)14-17(3)27-25(24)28(22)21-11-7-9-18-8-5-6-10-19(18)21/h5-6,8,10,12-14,21H,4,7,9,11H2,1-3H3/t21-/m1/s1. The van der Waals surface area contributed by atoms with E-state index in [0.29, 0.717) is 17.9 Å². The Kier molecular flexibility index (Phi) is 5.41. The molecule has 2 aromatic heterocycles. The van der Waals surface area contributed by atoms with E-state index in [-0.39, 0.29) is 6.04 Å². The van der Waals surface area contributed by atoms with E-state index >= 15 is 0 Å². The lowest BCUT2D eigenvalue weighted by atomic mass is 9.87. The van der Waals surface area contributed by atoms with Gasteiger partial charge in [0, 0.05) is 17.2 Å². The van der Waals surface area contributed by atoms with Gasteiger partial charge in [0.2, 0.25) is 0 Å². The van der Waals surface area contributed by atoms with Gasteiger partial charge in [0.1, 0.15) is 11.7 Å². The van der Waals surface area contributed by atoms with Gasteiger partial charge < -0.3 is 9.30 Å². The van der Waals surface area contributed by atoms with Gasteiger partial charge >= 0.3 is 5.97 Å². The van der Waals surface area contributed by atoms with Crippen LogP contribution in [0.15, 0.2) is 36.4 Å². The Hall–Kier alpha value is -3.39. The molecule has 1 aromatic carbocycles. The molecule has 0 spiro atoms. The predicted molar refractivity (Wildman–Crippen MR) is 117 cm³/mol. The molecular weight excluding hydrogens is 374 g/mol. The first kappa shape index (κ1) is 19.9. The zero-order valence-corrected chi connectivity index (χ0v) is 17.6. The van der Waals surface area contributed by atoms with Crippen molar-refractivity contribution in [2.45, 2.75) is 46.1 Å². The number of carbonyl (C=O) groups excluding carboxylic acids is 1. The Balaban J connectivity index is 2.02. The molecule has 5 heteroatoms. The second-order valence-corrected chi connectivity index (χ2v) is 7.71. The number of hydrogen-bond acceptors (Lipinski definition) is 4. The van der Waals surface area contributed by atoms with E-state index in [0.717, 1.165) is 41.6 Å². The largest absolute Gasteiger partial charge is 0.463 e. The van der Waals surface area contributed by atoms with E-state index in [4.69, 9.17) is 9.72 Å². The molecule has 0 unspecified atom stereocenters. The van der Waals surface area contributed by atoms with E-state index < -0.39 is 5.97 Å². The molecule has 3 aromatic rings. The van der Waals surface area contributed by atoms with Crippen molar-refractivity contribution in [2.75, 3.05) is 6.61 Å². The number of aromatic nitrogens is 2. The van der Waals surface area contributed by atoms with E-state index in [9.17, 15) is 10.1 Å². The molecule has 0 amide bonds. The van der Waals surface area contributed by atoms with Crippen molar-refractivity contribution in [3.05, 3.63) is 70.0 Å². The highest BCUT2D eigenvalue weighted by Gasteiger charge is 2.28. The molecule has 0 bridgehead atoms. The molecule has 1 atom stereocenters. The molecule has 0 N–H and O–H groups in total. The molecule has 5 nitrogen and oxygen atoms in total. The monoisotopic (exact) mass is 399 g/mol. The Labute approximate surface area is 176 Å². The number of nitrogens with zero attached hydrogens (tertiary/aromatic N) is 3. The van der Waals surface area contributed by atoms with E-state index in [2.05, 4.69) is 34.9 Å². The van der Waals surface area contributed by atoms with Gasteiger partial charge in [-0.2, -0.15) is 5.26 Å². The molecule has 0 saturated carbocycles. The lowest BCUT2D eigenvalue weighted by Gasteiger charge is -2.28. The summed E-state index contributed by atoms with van der Waals surface area (Å²) in [5.74, 6) is -0.414. The summed E-state index contributed by atoms with van der Waals surface area (Å²) in [5.41, 5.74) is 6.59. The maximum atomic E-state index is 12.0. The second kappa shape index (κ2) is 8.16. The van der Waals surface area contributed by atoms with Crippen LogP contribution < -0.4 is 0 Å². The van der Waals surface area contributed by atoms with Crippen molar-refractivity contribution in [1.82, 2.24) is 9.55 Å². The number of rotatable bonds is 4. The average Bonchev–Trinajstić information content (AvgIpc) is 3.05. The SMILES string of the molecule is CCOC(=O)C=Cc1c(C#N)c2c(C)cc(C)nc2n1[C@@H]1CCCc2ccccc21. The maximum Gasteiger partial charge on any atom is 0.330 e. The summed E-state index contributed by atoms with van der Waals surface area (Å²) in [4.78, 5) is 16.9. The molecule has 152 valence electrons. The van der Waals surface area contributed by atoms with Crippen molar-refractivity contribution < 1.29 is 9.53 Å². The Morgan fingerprint density at radius 1 is 1.37 bits per heavy atom. The Bertz CT molecular complexity index is 1200. The van der Waals surface area contributed by atoms with Gasteiger partial charge in [-0.3, -0.25) is 0 Å². The number of esters is 1. The number of fused-ring (bicyclic) bond motifs is 2. The molecule has 1 aliphatic rings. The maximum absolute atomic E-state index is 12.0. The number of aryl methyl sites for hydroxylation is 3. The summed E-state index contributed by atoms with van der Waals surface area (Å²) in [6.45, 7) is 6.07. The lowest BCUT2D eigenvalue weighted by molar-refractivity contribution is -0.137. The fourth-order valence-corrected chi connectivity index (χ4v) is 4.59. The minimum absolute atomic E-state index is 0.0649. The molecule has 0 saturated heterocycles. The highest BCUT2D eigenvalue weighted by atomic mass is 16.5. The first-order valence-corrected chi connectivity index (χ1v) is 10.4. The first-order chi connectivity index (χ1) is 14.5. The van der Waals surface area contributed by atoms with Crippen LogP contribution in [0.4, 0.5) is 0 Å². The van der Waals surface area contributed by atoms with Crippen molar-refractivity contribution in [2.24, 2.45) is 0 Å². The highest BCUT2D eigenvalue weighted by Crippen LogP contribution is 2.39. The van der Waals surface area contributed by atoms with Crippen LogP contribution in [0.25, 0.3) is 17.1 Å². The van der Waals surface area contributed by atoms with Crippen LogP contribution in [0.1, 0.15) is 59.4 Å². The quantitative estimate of drug-likeness (QED) is 0.456. The summed E-state index contributed by atoms with van der Waals surface area (Å²) < 4.78 is 7.22. The van der Waals surface area contributed by atoms with Crippen molar-refractivity contribution in [3.8, 4) is 6.07 Å². The van der Waals surface area contributed by atoms with Gasteiger partial charge in [-0.05, 0) is 68.9 Å². The summed E-state index contributed by atoms with van der Waals surface area (Å²) in [6.07, 6.45) is 6.20. The number of benzene rings is 1. The zero-order valence-electron chi connectivity index (χ0n) is 17.6. The van der Waals surface area contributed by atoms with Gasteiger partial charge in [-0.1, -0.05) is 24.3 Å². The van der Waals surface area contributed by atoms with Gasteiger partial charge in [0.25, 0.3) is 0 Å². The minimum atomic E-state index is -0.414. The van der Waals surface area contributed by atoms with E-state index in [1.54, 1.807) is 13.0 Å². The topological polar surface area (TPSA) is 67.9 Å². The molecule has 0 radical (unpaired) electrons. The first-order valence-electron chi connectivity index (χ1n) is 10.4. The van der Waals surface area contributed by atoms with Crippen molar-refractivity contribution >= 4 is 23.1 Å². The third kappa shape index (κ3) is 3.39. The minimum Gasteiger partial charge on any atom is -0.463 e. The van der Waals surface area contributed by atoms with Crippen LogP contribution in [0.3, 0.4) is 0 Å². The number of hydrogen-bond donors (Lipinski definition) is 0. The Morgan fingerprint density at radius 2 is 2.17 bits per heavy atom. The number of carbonyl (C=O) groups is 1. The number of nitriles is 1. The molecule has 1 aliphatic carbocycles. The molecule has 0 aliphatic heterocycles. The van der Waals surface area contributed by atoms with Crippen LogP contribution in [0.2, 0.25) is 0 Å². The summed E-state index contributed by atoms with van der Waals surface area (Å²) in [6, 6.07) is 12.9. The van der Waals surface area contributed by atoms with Crippen molar-refractivity contribution in [1.29, 1.82) is 5.26 Å². The van der Waals surface area contributed by atoms with Gasteiger partial charge in [-0.15, -0.1) is 0 Å². The highest BCUT2D eigenvalue weighted by molar-refractivity contribution is 5.94. The Morgan fingerprint density at radius 3 is 2.93 bits per heavy atom. The molecule has 30 heavy (non-hydrogen) atoms. The third-order valence-corrected chi connectivity index (χ3v) is 5.74. The smallest absolute Gasteiger partial charge is 0.330 e. The normalized spacial score (nSPS) is 15.9. The average molecular weight is 399 g/mol. The van der Waals surface area contributed by atoms with Gasteiger partial charge in [0.05, 0.1) is 23.9 Å². The molecular formula is C25H25N3O2. The molecule has 2 heterocycles. The predicted octanol–water partition coefficient (Wildman–Crippen LogP) is 5.03. The van der Waals surface area contributed by atoms with Gasteiger partial charge in [0.15, 0.2) is 0 Å². The van der Waals surface area contributed by atoms with Crippen LogP contribution in [0, 0.1) is 25.2 Å². The second-order valence-electron chi connectivity index (χ2n) is 7.71. The van der Waals surface area contributed by atoms with Crippen LogP contribution in [-0.2, 0) is 16.0 Å². The zero-order chi connectivity index (χ0) is 21.3. The number of pyridine rings is 1. The number of ether oxygens (including phenoxy) is 1. The molecule has 4 rings (SSSR count).